The van der Waals surface area contributed by atoms with Crippen LogP contribution >= 0.6 is 0 Å². The summed E-state index contributed by atoms with van der Waals surface area (Å²) in [4.78, 5) is 4.62. The van der Waals surface area contributed by atoms with E-state index in [0.29, 0.717) is 5.89 Å². The number of ether oxygens (including phenoxy) is 1. The van der Waals surface area contributed by atoms with Crippen molar-refractivity contribution in [2.24, 2.45) is 7.05 Å². The molecule has 0 bridgehead atoms. The highest BCUT2D eigenvalue weighted by Gasteiger charge is 2.41. The van der Waals surface area contributed by atoms with Crippen LogP contribution in [-0.4, -0.2) is 25.1 Å². The van der Waals surface area contributed by atoms with E-state index in [1.54, 1.807) is 19.2 Å². The molecule has 0 amide bonds. The van der Waals surface area contributed by atoms with Gasteiger partial charge in [-0.25, -0.2) is 18.0 Å². The molecule has 0 fully saturated rings. The second-order valence-electron chi connectivity index (χ2n) is 8.75. The van der Waals surface area contributed by atoms with E-state index in [4.69, 9.17) is 14.1 Å². The van der Waals surface area contributed by atoms with E-state index < -0.39 is 10.1 Å². The maximum absolute atomic E-state index is 10.4. The van der Waals surface area contributed by atoms with Crippen LogP contribution in [0.4, 0.5) is 0 Å². The Bertz CT molecular complexity index is 1440. The molecule has 0 saturated heterocycles. The van der Waals surface area contributed by atoms with E-state index in [0.717, 1.165) is 33.9 Å². The first-order chi connectivity index (χ1) is 16.0. The molecular formula is C26H26N2O5S. The van der Waals surface area contributed by atoms with Crippen molar-refractivity contribution < 1.29 is 26.7 Å². The molecule has 0 atom stereocenters. The summed E-state index contributed by atoms with van der Waals surface area (Å²) in [5.74, 6) is 2.40. The molecule has 8 heteroatoms. The predicted molar refractivity (Wildman–Crippen MR) is 126 cm³/mol. The highest BCUT2D eigenvalue weighted by Crippen LogP contribution is 2.50. The Kier molecular flexibility index (Phi) is 6.05. The van der Waals surface area contributed by atoms with Crippen molar-refractivity contribution in [2.45, 2.75) is 31.1 Å². The number of methoxy groups -OCH3 is 1. The number of hydrogen-bond acceptors (Lipinski definition) is 6. The van der Waals surface area contributed by atoms with Crippen molar-refractivity contribution in [3.05, 3.63) is 83.8 Å². The first-order valence-corrected chi connectivity index (χ1v) is 12.1. The summed E-state index contributed by atoms with van der Waals surface area (Å²) >= 11 is 0. The molecular weight excluding hydrogens is 452 g/mol. The lowest BCUT2D eigenvalue weighted by Crippen LogP contribution is -2.25. The van der Waals surface area contributed by atoms with Gasteiger partial charge in [0.25, 0.3) is 0 Å². The zero-order chi connectivity index (χ0) is 24.7. The molecule has 0 unspecified atom stereocenters. The Morgan fingerprint density at radius 2 is 1.68 bits per heavy atom. The number of oxazole rings is 1. The zero-order valence-corrected chi connectivity index (χ0v) is 20.5. The fourth-order valence-corrected chi connectivity index (χ4v) is 4.36. The van der Waals surface area contributed by atoms with Crippen LogP contribution in [-0.2, 0) is 22.6 Å². The SMILES string of the molecule is COc1ccc2c(c1)C(C)(C)c1nc(-c3cc[n+](C)cc3)oc1-2.Cc1ccc(S(=O)(=O)[O-])cc1. The quantitative estimate of drug-likeness (QED) is 0.320. The molecule has 2 aromatic carbocycles. The Labute approximate surface area is 199 Å². The van der Waals surface area contributed by atoms with Crippen molar-refractivity contribution in [1.82, 2.24) is 4.98 Å². The van der Waals surface area contributed by atoms with Gasteiger partial charge in [0.05, 0.1) is 17.7 Å². The number of benzene rings is 2. The number of fused-ring (bicyclic) bond motifs is 3. The summed E-state index contributed by atoms with van der Waals surface area (Å²) in [7, 11) is -0.590. The number of aromatic nitrogens is 2. The standard InChI is InChI=1S/C19H19N2O2.C7H8O3S/c1-19(2)15-11-13(22-4)5-6-14(15)16-17(19)20-18(23-16)12-7-9-21(3)10-8-12;1-6-2-4-7(5-3-6)11(8,9)10/h5-11H,1-4H3;2-5H,1H3,(H,8,9,10)/q+1;/p-1. The van der Waals surface area contributed by atoms with Crippen LogP contribution in [0, 0.1) is 6.92 Å². The largest absolute Gasteiger partial charge is 0.744 e. The van der Waals surface area contributed by atoms with Gasteiger partial charge in [0, 0.05) is 28.7 Å². The van der Waals surface area contributed by atoms with Gasteiger partial charge in [0.2, 0.25) is 5.89 Å². The van der Waals surface area contributed by atoms with Crippen LogP contribution in [0.5, 0.6) is 5.75 Å². The normalized spacial score (nSPS) is 13.5. The first-order valence-electron chi connectivity index (χ1n) is 10.7. The molecule has 34 heavy (non-hydrogen) atoms. The Hall–Kier alpha value is -3.49. The molecule has 7 nitrogen and oxygen atoms in total. The van der Waals surface area contributed by atoms with E-state index in [1.165, 1.54) is 17.7 Å². The van der Waals surface area contributed by atoms with Gasteiger partial charge in [0.15, 0.2) is 18.2 Å². The van der Waals surface area contributed by atoms with Crippen LogP contribution < -0.4 is 9.30 Å². The summed E-state index contributed by atoms with van der Waals surface area (Å²) in [6, 6.07) is 15.9. The van der Waals surface area contributed by atoms with Crippen LogP contribution in [0.15, 0.2) is 76.3 Å². The molecule has 5 rings (SSSR count). The number of rotatable bonds is 3. The summed E-state index contributed by atoms with van der Waals surface area (Å²) in [5, 5.41) is 0. The Morgan fingerprint density at radius 1 is 1.03 bits per heavy atom. The van der Waals surface area contributed by atoms with Crippen molar-refractivity contribution in [1.29, 1.82) is 0 Å². The van der Waals surface area contributed by atoms with Crippen molar-refractivity contribution >= 4 is 10.1 Å². The molecule has 0 aliphatic heterocycles. The Balaban J connectivity index is 0.000000210. The summed E-state index contributed by atoms with van der Waals surface area (Å²) in [5.41, 5.74) is 5.01. The molecule has 0 spiro atoms. The molecule has 1 aliphatic carbocycles. The highest BCUT2D eigenvalue weighted by molar-refractivity contribution is 7.85. The molecule has 2 aromatic heterocycles. The fraction of sp³-hybridized carbons (Fsp3) is 0.231. The van der Waals surface area contributed by atoms with Crippen molar-refractivity contribution in [3.63, 3.8) is 0 Å². The zero-order valence-electron chi connectivity index (χ0n) is 19.7. The van der Waals surface area contributed by atoms with Gasteiger partial charge in [-0.1, -0.05) is 17.7 Å². The second kappa shape index (κ2) is 8.70. The van der Waals surface area contributed by atoms with Gasteiger partial charge in [0.1, 0.15) is 22.9 Å². The van der Waals surface area contributed by atoms with Crippen LogP contribution in [0.25, 0.3) is 22.8 Å². The third kappa shape index (κ3) is 4.47. The van der Waals surface area contributed by atoms with Crippen LogP contribution in [0.1, 0.15) is 30.7 Å². The van der Waals surface area contributed by atoms with Gasteiger partial charge < -0.3 is 13.7 Å². The van der Waals surface area contributed by atoms with Crippen LogP contribution in [0.3, 0.4) is 0 Å². The number of pyridine rings is 1. The van der Waals surface area contributed by atoms with Crippen molar-refractivity contribution in [3.8, 4) is 28.5 Å². The number of hydrogen-bond donors (Lipinski definition) is 0. The lowest BCUT2D eigenvalue weighted by atomic mass is 9.85. The molecule has 0 N–H and O–H groups in total. The lowest BCUT2D eigenvalue weighted by molar-refractivity contribution is -0.671. The number of nitrogens with zero attached hydrogens (tertiary/aromatic N) is 2. The highest BCUT2D eigenvalue weighted by atomic mass is 32.2. The Morgan fingerprint density at radius 3 is 2.26 bits per heavy atom. The average Bonchev–Trinajstić information content (AvgIpc) is 3.32. The lowest BCUT2D eigenvalue weighted by Gasteiger charge is -2.19. The molecule has 176 valence electrons. The van der Waals surface area contributed by atoms with Gasteiger partial charge >= 0.3 is 0 Å². The smallest absolute Gasteiger partial charge is 0.227 e. The number of aryl methyl sites for hydroxylation is 2. The molecule has 1 aliphatic rings. The van der Waals surface area contributed by atoms with E-state index in [-0.39, 0.29) is 10.3 Å². The second-order valence-corrected chi connectivity index (χ2v) is 10.1. The van der Waals surface area contributed by atoms with E-state index in [9.17, 15) is 13.0 Å². The van der Waals surface area contributed by atoms with Crippen molar-refractivity contribution in [2.75, 3.05) is 7.11 Å². The van der Waals surface area contributed by atoms with E-state index in [2.05, 4.69) is 26.0 Å². The minimum Gasteiger partial charge on any atom is -0.744 e. The van der Waals surface area contributed by atoms with Gasteiger partial charge in [-0.15, -0.1) is 0 Å². The monoisotopic (exact) mass is 478 g/mol. The topological polar surface area (TPSA) is 96.3 Å². The van der Waals surface area contributed by atoms with E-state index >= 15 is 0 Å². The third-order valence-electron chi connectivity index (χ3n) is 5.90. The first kappa shape index (κ1) is 23.7. The predicted octanol–water partition coefficient (Wildman–Crippen LogP) is 4.38. The molecule has 0 saturated carbocycles. The molecule has 0 radical (unpaired) electrons. The average molecular weight is 479 g/mol. The molecule has 4 aromatic rings. The third-order valence-corrected chi connectivity index (χ3v) is 6.75. The summed E-state index contributed by atoms with van der Waals surface area (Å²) in [6.07, 6.45) is 3.99. The van der Waals surface area contributed by atoms with Gasteiger partial charge in [-0.3, -0.25) is 0 Å². The van der Waals surface area contributed by atoms with Gasteiger partial charge in [-0.2, -0.15) is 0 Å². The minimum absolute atomic E-state index is 0.178. The van der Waals surface area contributed by atoms with E-state index in [1.807, 2.05) is 49.1 Å². The van der Waals surface area contributed by atoms with Gasteiger partial charge in [-0.05, 0) is 56.7 Å². The summed E-state index contributed by atoms with van der Waals surface area (Å²) in [6.45, 7) is 6.17. The molecule has 2 heterocycles. The fourth-order valence-electron chi connectivity index (χ4n) is 3.89. The maximum Gasteiger partial charge on any atom is 0.227 e. The maximum atomic E-state index is 10.4. The summed E-state index contributed by atoms with van der Waals surface area (Å²) < 4.78 is 44.6. The minimum atomic E-state index is -4.27. The van der Waals surface area contributed by atoms with Crippen LogP contribution in [0.2, 0.25) is 0 Å².